The third-order valence-corrected chi connectivity index (χ3v) is 2.46. The molecule has 2 aromatic heterocycles. The van der Waals surface area contributed by atoms with E-state index in [0.29, 0.717) is 5.95 Å². The lowest BCUT2D eigenvalue weighted by Crippen LogP contribution is -2.01. The molecule has 2 rings (SSSR count). The number of nitrogens with zero attached hydrogens (tertiary/aromatic N) is 3. The highest BCUT2D eigenvalue weighted by molar-refractivity contribution is 7.09. The van der Waals surface area contributed by atoms with Gasteiger partial charge >= 0.3 is 0 Å². The first-order valence-corrected chi connectivity index (χ1v) is 5.12. The van der Waals surface area contributed by atoms with Crippen LogP contribution >= 0.6 is 11.3 Å². The fourth-order valence-corrected chi connectivity index (χ4v) is 1.51. The Morgan fingerprint density at radius 1 is 1.29 bits per heavy atom. The van der Waals surface area contributed by atoms with Crippen LogP contribution in [0.3, 0.4) is 0 Å². The summed E-state index contributed by atoms with van der Waals surface area (Å²) in [5, 5.41) is 3.12. The summed E-state index contributed by atoms with van der Waals surface area (Å²) in [4.78, 5) is 13.4. The predicted molar refractivity (Wildman–Crippen MR) is 56.2 cm³/mol. The lowest BCUT2D eigenvalue weighted by molar-refractivity contribution is 1.05. The van der Waals surface area contributed by atoms with E-state index in [2.05, 4.69) is 20.3 Å². The van der Waals surface area contributed by atoms with Crippen molar-refractivity contribution in [3.05, 3.63) is 34.5 Å². The second-order valence-electron chi connectivity index (χ2n) is 2.91. The third kappa shape index (κ3) is 2.26. The molecule has 0 fully saturated rings. The molecule has 4 nitrogen and oxygen atoms in total. The molecule has 0 bridgehead atoms. The summed E-state index contributed by atoms with van der Waals surface area (Å²) in [7, 11) is 0. The van der Waals surface area contributed by atoms with Gasteiger partial charge in [-0.3, -0.25) is 4.98 Å². The van der Waals surface area contributed by atoms with Crippen LogP contribution in [0.4, 0.5) is 5.95 Å². The highest BCUT2D eigenvalue weighted by atomic mass is 32.1. The number of hydrogen-bond donors (Lipinski definition) is 1. The summed E-state index contributed by atoms with van der Waals surface area (Å²) in [5.41, 5.74) is 2.88. The topological polar surface area (TPSA) is 50.7 Å². The second kappa shape index (κ2) is 4.15. The summed E-state index contributed by atoms with van der Waals surface area (Å²) in [5.74, 6) is 0.656. The molecular formula is C9H10N4S. The van der Waals surface area contributed by atoms with Crippen molar-refractivity contribution in [2.24, 2.45) is 0 Å². The SMILES string of the molecule is Cc1cnc(NCc2cncs2)nc1. The first kappa shape index (κ1) is 9.08. The number of hydrogen-bond acceptors (Lipinski definition) is 5. The largest absolute Gasteiger partial charge is 0.349 e. The van der Waals surface area contributed by atoms with Crippen LogP contribution in [0.15, 0.2) is 24.1 Å². The Labute approximate surface area is 86.1 Å². The van der Waals surface area contributed by atoms with Gasteiger partial charge in [-0.05, 0) is 12.5 Å². The van der Waals surface area contributed by atoms with Crippen molar-refractivity contribution in [2.75, 3.05) is 5.32 Å². The van der Waals surface area contributed by atoms with Gasteiger partial charge in [-0.15, -0.1) is 11.3 Å². The Kier molecular flexibility index (Phi) is 2.69. The van der Waals surface area contributed by atoms with Gasteiger partial charge in [0, 0.05) is 23.5 Å². The van der Waals surface area contributed by atoms with E-state index in [0.717, 1.165) is 12.1 Å². The average molecular weight is 206 g/mol. The van der Waals surface area contributed by atoms with Gasteiger partial charge in [0.05, 0.1) is 12.1 Å². The van der Waals surface area contributed by atoms with E-state index in [-0.39, 0.29) is 0 Å². The van der Waals surface area contributed by atoms with Crippen molar-refractivity contribution in [1.29, 1.82) is 0 Å². The van der Waals surface area contributed by atoms with E-state index < -0.39 is 0 Å². The maximum absolute atomic E-state index is 4.14. The quantitative estimate of drug-likeness (QED) is 0.832. The Balaban J connectivity index is 1.95. The number of aryl methyl sites for hydroxylation is 1. The van der Waals surface area contributed by atoms with Crippen molar-refractivity contribution >= 4 is 17.3 Å². The second-order valence-corrected chi connectivity index (χ2v) is 3.88. The fraction of sp³-hybridized carbons (Fsp3) is 0.222. The lowest BCUT2D eigenvalue weighted by Gasteiger charge is -2.01. The molecule has 0 aliphatic heterocycles. The van der Waals surface area contributed by atoms with Crippen LogP contribution in [-0.4, -0.2) is 15.0 Å². The van der Waals surface area contributed by atoms with Gasteiger partial charge in [0.25, 0.3) is 0 Å². The average Bonchev–Trinajstić information content (AvgIpc) is 2.70. The van der Waals surface area contributed by atoms with E-state index in [1.54, 1.807) is 23.7 Å². The number of aromatic nitrogens is 3. The molecule has 14 heavy (non-hydrogen) atoms. The molecule has 0 atom stereocenters. The molecule has 0 aliphatic rings. The van der Waals surface area contributed by atoms with Crippen LogP contribution in [0.2, 0.25) is 0 Å². The monoisotopic (exact) mass is 206 g/mol. The molecule has 1 N–H and O–H groups in total. The minimum absolute atomic E-state index is 0.656. The highest BCUT2D eigenvalue weighted by Crippen LogP contribution is 2.07. The minimum Gasteiger partial charge on any atom is -0.349 e. The van der Waals surface area contributed by atoms with Crippen LogP contribution in [-0.2, 0) is 6.54 Å². The molecule has 0 aliphatic carbocycles. The standard InChI is InChI=1S/C9H10N4S/c1-7-2-11-9(12-3-7)13-5-8-4-10-6-14-8/h2-4,6H,5H2,1H3,(H,11,12,13). The van der Waals surface area contributed by atoms with Crippen molar-refractivity contribution in [2.45, 2.75) is 13.5 Å². The Morgan fingerprint density at radius 3 is 2.71 bits per heavy atom. The number of anilines is 1. The molecule has 0 aromatic carbocycles. The summed E-state index contributed by atoms with van der Waals surface area (Å²) in [6.07, 6.45) is 5.43. The maximum Gasteiger partial charge on any atom is 0.222 e. The summed E-state index contributed by atoms with van der Waals surface area (Å²) >= 11 is 1.62. The van der Waals surface area contributed by atoms with Crippen molar-refractivity contribution in [3.8, 4) is 0 Å². The van der Waals surface area contributed by atoms with Crippen molar-refractivity contribution in [3.63, 3.8) is 0 Å². The number of nitrogens with one attached hydrogen (secondary N) is 1. The zero-order chi connectivity index (χ0) is 9.80. The number of rotatable bonds is 3. The molecule has 2 aromatic rings. The number of thiazole rings is 1. The summed E-state index contributed by atoms with van der Waals surface area (Å²) < 4.78 is 0. The zero-order valence-electron chi connectivity index (χ0n) is 7.77. The van der Waals surface area contributed by atoms with E-state index >= 15 is 0 Å². The van der Waals surface area contributed by atoms with Gasteiger partial charge in [0.15, 0.2) is 0 Å². The zero-order valence-corrected chi connectivity index (χ0v) is 8.58. The first-order chi connectivity index (χ1) is 6.84. The van der Waals surface area contributed by atoms with Crippen molar-refractivity contribution < 1.29 is 0 Å². The maximum atomic E-state index is 4.14. The van der Waals surface area contributed by atoms with Gasteiger partial charge in [-0.1, -0.05) is 0 Å². The van der Waals surface area contributed by atoms with Crippen LogP contribution in [0.1, 0.15) is 10.4 Å². The lowest BCUT2D eigenvalue weighted by atomic mass is 10.4. The molecule has 0 amide bonds. The minimum atomic E-state index is 0.656. The predicted octanol–water partition coefficient (Wildman–Crippen LogP) is 1.85. The van der Waals surface area contributed by atoms with Gasteiger partial charge in [0.1, 0.15) is 0 Å². The Bertz CT molecular complexity index is 382. The Hall–Kier alpha value is -1.49. The normalized spacial score (nSPS) is 10.1. The molecular weight excluding hydrogens is 196 g/mol. The summed E-state index contributed by atoms with van der Waals surface area (Å²) in [6, 6.07) is 0. The van der Waals surface area contributed by atoms with E-state index in [4.69, 9.17) is 0 Å². The van der Waals surface area contributed by atoms with Gasteiger partial charge in [-0.2, -0.15) is 0 Å². The van der Waals surface area contributed by atoms with Gasteiger partial charge in [0.2, 0.25) is 5.95 Å². The molecule has 0 unspecified atom stereocenters. The van der Waals surface area contributed by atoms with Crippen LogP contribution in [0.25, 0.3) is 0 Å². The highest BCUT2D eigenvalue weighted by Gasteiger charge is 1.96. The molecule has 0 spiro atoms. The first-order valence-electron chi connectivity index (χ1n) is 4.24. The smallest absolute Gasteiger partial charge is 0.222 e. The van der Waals surface area contributed by atoms with E-state index in [1.165, 1.54) is 4.88 Å². The molecule has 72 valence electrons. The van der Waals surface area contributed by atoms with E-state index in [1.807, 2.05) is 18.6 Å². The van der Waals surface area contributed by atoms with Gasteiger partial charge in [-0.25, -0.2) is 9.97 Å². The fourth-order valence-electron chi connectivity index (χ4n) is 0.979. The molecule has 0 saturated heterocycles. The molecule has 2 heterocycles. The van der Waals surface area contributed by atoms with Crippen LogP contribution < -0.4 is 5.32 Å². The summed E-state index contributed by atoms with van der Waals surface area (Å²) in [6.45, 7) is 2.70. The molecule has 0 radical (unpaired) electrons. The van der Waals surface area contributed by atoms with Crippen LogP contribution in [0.5, 0.6) is 0 Å². The Morgan fingerprint density at radius 2 is 2.07 bits per heavy atom. The molecule has 5 heteroatoms. The van der Waals surface area contributed by atoms with Crippen LogP contribution in [0, 0.1) is 6.92 Å². The third-order valence-electron chi connectivity index (χ3n) is 1.69. The van der Waals surface area contributed by atoms with Gasteiger partial charge < -0.3 is 5.32 Å². The van der Waals surface area contributed by atoms with E-state index in [9.17, 15) is 0 Å². The van der Waals surface area contributed by atoms with Crippen molar-refractivity contribution in [1.82, 2.24) is 15.0 Å². The molecule has 0 saturated carbocycles.